The van der Waals surface area contributed by atoms with E-state index in [0.717, 1.165) is 9.99 Å². The van der Waals surface area contributed by atoms with Gasteiger partial charge in [0.1, 0.15) is 4.90 Å². The van der Waals surface area contributed by atoms with Crippen molar-refractivity contribution in [2.24, 2.45) is 0 Å². The maximum Gasteiger partial charge on any atom is 0.269 e. The fourth-order valence-corrected chi connectivity index (χ4v) is 4.51. The van der Waals surface area contributed by atoms with E-state index in [-0.39, 0.29) is 22.0 Å². The molecule has 7 nitrogen and oxygen atoms in total. The average Bonchev–Trinajstić information content (AvgIpc) is 3.14. The number of sulfonamides is 1. The molecule has 2 aromatic carbocycles. The average molecular weight is 375 g/mol. The molecular formula is C16H11ClN4O3S. The van der Waals surface area contributed by atoms with Gasteiger partial charge >= 0.3 is 0 Å². The molecule has 126 valence electrons. The molecular weight excluding hydrogens is 364 g/mol. The van der Waals surface area contributed by atoms with Crippen molar-refractivity contribution in [1.29, 1.82) is 0 Å². The summed E-state index contributed by atoms with van der Waals surface area (Å²) < 4.78 is 27.7. The first-order valence-corrected chi connectivity index (χ1v) is 9.12. The van der Waals surface area contributed by atoms with Crippen LogP contribution in [0.25, 0.3) is 5.69 Å². The summed E-state index contributed by atoms with van der Waals surface area (Å²) >= 11 is 5.88. The summed E-state index contributed by atoms with van der Waals surface area (Å²) in [5.74, 6) is -0.590. The molecule has 1 amide bonds. The van der Waals surface area contributed by atoms with Crippen molar-refractivity contribution in [3.05, 3.63) is 71.0 Å². The highest BCUT2D eigenvalue weighted by molar-refractivity contribution is 7.90. The Hall–Kier alpha value is -2.71. The SMILES string of the molecule is O=C1c2ccc(Cl)cc2S(=O)(=O)N1Cc1cnnn1-c1ccccc1. The maximum atomic E-state index is 12.7. The van der Waals surface area contributed by atoms with E-state index in [0.29, 0.717) is 5.69 Å². The first-order chi connectivity index (χ1) is 12.0. The van der Waals surface area contributed by atoms with Crippen LogP contribution in [0.2, 0.25) is 5.02 Å². The van der Waals surface area contributed by atoms with Crippen LogP contribution in [0.5, 0.6) is 0 Å². The first-order valence-electron chi connectivity index (χ1n) is 7.30. The summed E-state index contributed by atoms with van der Waals surface area (Å²) in [4.78, 5) is 12.5. The zero-order chi connectivity index (χ0) is 17.6. The fourth-order valence-electron chi connectivity index (χ4n) is 2.70. The summed E-state index contributed by atoms with van der Waals surface area (Å²) in [6, 6.07) is 13.3. The van der Waals surface area contributed by atoms with Crippen LogP contribution in [0.4, 0.5) is 0 Å². The van der Waals surface area contributed by atoms with E-state index in [2.05, 4.69) is 10.3 Å². The van der Waals surface area contributed by atoms with Crippen molar-refractivity contribution < 1.29 is 13.2 Å². The number of nitrogens with zero attached hydrogens (tertiary/aromatic N) is 4. The Labute approximate surface area is 148 Å². The van der Waals surface area contributed by atoms with Crippen molar-refractivity contribution in [2.45, 2.75) is 11.4 Å². The molecule has 0 atom stereocenters. The molecule has 0 bridgehead atoms. The lowest BCUT2D eigenvalue weighted by molar-refractivity contribution is 0.0863. The molecule has 1 aromatic heterocycles. The zero-order valence-corrected chi connectivity index (χ0v) is 14.3. The molecule has 0 N–H and O–H groups in total. The number of rotatable bonds is 3. The van der Waals surface area contributed by atoms with Crippen molar-refractivity contribution >= 4 is 27.5 Å². The fraction of sp³-hybridized carbons (Fsp3) is 0.0625. The van der Waals surface area contributed by atoms with Gasteiger partial charge in [0.2, 0.25) is 0 Å². The van der Waals surface area contributed by atoms with Gasteiger partial charge in [-0.1, -0.05) is 35.0 Å². The van der Waals surface area contributed by atoms with Crippen LogP contribution in [0, 0.1) is 0 Å². The molecule has 0 saturated carbocycles. The molecule has 25 heavy (non-hydrogen) atoms. The molecule has 4 rings (SSSR count). The number of fused-ring (bicyclic) bond motifs is 1. The van der Waals surface area contributed by atoms with Gasteiger partial charge in [-0.25, -0.2) is 17.4 Å². The standard InChI is InChI=1S/C16H11ClN4O3S/c17-11-6-7-14-15(8-11)25(23,24)20(16(14)22)10-13-9-18-19-21(13)12-4-2-1-3-5-12/h1-9H,10H2. The molecule has 0 spiro atoms. The third-order valence-electron chi connectivity index (χ3n) is 3.89. The van der Waals surface area contributed by atoms with Gasteiger partial charge in [-0.15, -0.1) is 5.10 Å². The third kappa shape index (κ3) is 2.50. The van der Waals surface area contributed by atoms with E-state index in [4.69, 9.17) is 11.6 Å². The molecule has 2 heterocycles. The number of amides is 1. The topological polar surface area (TPSA) is 85.2 Å². The van der Waals surface area contributed by atoms with E-state index < -0.39 is 15.9 Å². The Balaban J connectivity index is 1.74. The Kier molecular flexibility index (Phi) is 3.59. The number of carbonyl (C=O) groups excluding carboxylic acids is 1. The highest BCUT2D eigenvalue weighted by Gasteiger charge is 2.41. The molecule has 1 aliphatic rings. The Morgan fingerprint density at radius 2 is 1.84 bits per heavy atom. The van der Waals surface area contributed by atoms with Crippen LogP contribution in [0.1, 0.15) is 16.1 Å². The van der Waals surface area contributed by atoms with Crippen LogP contribution in [0.3, 0.4) is 0 Å². The number of para-hydroxylation sites is 1. The molecule has 0 aliphatic carbocycles. The van der Waals surface area contributed by atoms with E-state index in [1.54, 1.807) is 0 Å². The van der Waals surface area contributed by atoms with Crippen LogP contribution in [-0.2, 0) is 16.6 Å². The predicted molar refractivity (Wildman–Crippen MR) is 89.9 cm³/mol. The highest BCUT2D eigenvalue weighted by atomic mass is 35.5. The van der Waals surface area contributed by atoms with Crippen LogP contribution in [-0.4, -0.2) is 33.6 Å². The summed E-state index contributed by atoms with van der Waals surface area (Å²) in [5.41, 5.74) is 1.31. The summed E-state index contributed by atoms with van der Waals surface area (Å²) in [6.45, 7) is -0.171. The van der Waals surface area contributed by atoms with Gasteiger partial charge < -0.3 is 0 Å². The molecule has 1 aliphatic heterocycles. The minimum Gasteiger partial charge on any atom is -0.268 e. The van der Waals surface area contributed by atoms with E-state index in [1.165, 1.54) is 29.1 Å². The molecule has 0 radical (unpaired) electrons. The van der Waals surface area contributed by atoms with Gasteiger partial charge in [-0.2, -0.15) is 0 Å². The van der Waals surface area contributed by atoms with Crippen LogP contribution < -0.4 is 0 Å². The van der Waals surface area contributed by atoms with E-state index >= 15 is 0 Å². The normalized spacial score (nSPS) is 15.4. The summed E-state index contributed by atoms with van der Waals surface area (Å²) in [5, 5.41) is 8.07. The third-order valence-corrected chi connectivity index (χ3v) is 5.90. The van der Waals surface area contributed by atoms with Gasteiger partial charge in [-0.3, -0.25) is 4.79 Å². The summed E-state index contributed by atoms with van der Waals surface area (Å²) in [6.07, 6.45) is 1.44. The molecule has 0 fully saturated rings. The van der Waals surface area contributed by atoms with Crippen LogP contribution >= 0.6 is 11.6 Å². The predicted octanol–water partition coefficient (Wildman–Crippen LogP) is 2.27. The number of halogens is 1. The quantitative estimate of drug-likeness (QED) is 0.702. The minimum absolute atomic E-state index is 0.0799. The number of benzene rings is 2. The number of aromatic nitrogens is 3. The minimum atomic E-state index is -3.96. The highest BCUT2D eigenvalue weighted by Crippen LogP contribution is 2.33. The molecule has 9 heteroatoms. The Bertz CT molecular complexity index is 1080. The van der Waals surface area contributed by atoms with Gasteiger partial charge in [0.05, 0.1) is 29.7 Å². The monoisotopic (exact) mass is 374 g/mol. The second-order valence-corrected chi connectivity index (χ2v) is 7.70. The van der Waals surface area contributed by atoms with Crippen molar-refractivity contribution in [3.8, 4) is 5.69 Å². The number of hydrogen-bond acceptors (Lipinski definition) is 5. The van der Waals surface area contributed by atoms with Gasteiger partial charge in [-0.05, 0) is 30.3 Å². The van der Waals surface area contributed by atoms with Crippen molar-refractivity contribution in [1.82, 2.24) is 19.3 Å². The Morgan fingerprint density at radius 3 is 2.60 bits per heavy atom. The van der Waals surface area contributed by atoms with Crippen molar-refractivity contribution in [2.75, 3.05) is 0 Å². The maximum absolute atomic E-state index is 12.7. The Morgan fingerprint density at radius 1 is 1.08 bits per heavy atom. The first kappa shape index (κ1) is 15.8. The lowest BCUT2D eigenvalue weighted by atomic mass is 10.2. The lowest BCUT2D eigenvalue weighted by Gasteiger charge is -2.15. The number of carbonyl (C=O) groups is 1. The summed E-state index contributed by atoms with van der Waals surface area (Å²) in [7, 11) is -3.96. The van der Waals surface area contributed by atoms with Crippen molar-refractivity contribution in [3.63, 3.8) is 0 Å². The lowest BCUT2D eigenvalue weighted by Crippen LogP contribution is -2.30. The second-order valence-electron chi connectivity index (χ2n) is 5.43. The largest absolute Gasteiger partial charge is 0.269 e. The number of hydrogen-bond donors (Lipinski definition) is 0. The van der Waals surface area contributed by atoms with E-state index in [1.807, 2.05) is 30.3 Å². The molecule has 0 unspecified atom stereocenters. The van der Waals surface area contributed by atoms with E-state index in [9.17, 15) is 13.2 Å². The van der Waals surface area contributed by atoms with Gasteiger partial charge in [0, 0.05) is 5.02 Å². The smallest absolute Gasteiger partial charge is 0.268 e. The van der Waals surface area contributed by atoms with Gasteiger partial charge in [0.15, 0.2) is 0 Å². The second kappa shape index (κ2) is 5.68. The molecule has 3 aromatic rings. The van der Waals surface area contributed by atoms with Crippen LogP contribution in [0.15, 0.2) is 59.6 Å². The van der Waals surface area contributed by atoms with Gasteiger partial charge in [0.25, 0.3) is 15.9 Å². The zero-order valence-electron chi connectivity index (χ0n) is 12.7. The molecule has 0 saturated heterocycles.